The highest BCUT2D eigenvalue weighted by atomic mass is 35.5. The zero-order valence-electron chi connectivity index (χ0n) is 28.5. The first-order valence-electron chi connectivity index (χ1n) is 16.1. The number of halogens is 3. The molecule has 0 radical (unpaired) electrons. The van der Waals surface area contributed by atoms with Gasteiger partial charge in [-0.2, -0.15) is 0 Å². The Morgan fingerprint density at radius 2 is 1.73 bits per heavy atom. The second-order valence-corrected chi connectivity index (χ2v) is 14.2. The number of hydrogen-bond donors (Lipinski definition) is 3. The summed E-state index contributed by atoms with van der Waals surface area (Å²) in [5.74, 6) is -3.62. The summed E-state index contributed by atoms with van der Waals surface area (Å²) in [4.78, 5) is 53.6. The standard InChI is InChI=1S/C36H45Cl2FN2O8/c1-20(2)16-29-34(45)48-27(21(3)32(43)31(38)23-11-13-24(39)14-12-23)8-7-9-30(42)41-26(18-22-10-15-28(47-6)25(37)17-22)33(44)40-19-36(4,5)35(46)49-29/h7,9-15,17,20-21,26-27,29,31-32,43H,8,16,18-19H2,1-6H3,(H,40,44)(H,41,42)/b9-7+/t21-,26+,27-,29-,31-,32+/m0/s1. The minimum Gasteiger partial charge on any atom is -0.495 e. The molecular weight excluding hydrogens is 678 g/mol. The van der Waals surface area contributed by atoms with Gasteiger partial charge in [0.1, 0.15) is 23.7 Å². The molecule has 0 saturated carbocycles. The summed E-state index contributed by atoms with van der Waals surface area (Å²) in [5.41, 5.74) is -0.177. The van der Waals surface area contributed by atoms with Gasteiger partial charge in [0.2, 0.25) is 11.8 Å². The molecule has 2 amide bonds. The molecule has 0 fully saturated rings. The number of carbonyl (C=O) groups is 4. The summed E-state index contributed by atoms with van der Waals surface area (Å²) < 4.78 is 30.3. The molecule has 3 rings (SSSR count). The van der Waals surface area contributed by atoms with Crippen LogP contribution in [-0.2, 0) is 35.1 Å². The van der Waals surface area contributed by atoms with E-state index < -0.39 is 70.6 Å². The van der Waals surface area contributed by atoms with Crippen molar-refractivity contribution in [2.45, 2.75) is 83.6 Å². The minimum absolute atomic E-state index is 0.0385. The van der Waals surface area contributed by atoms with Gasteiger partial charge >= 0.3 is 11.9 Å². The van der Waals surface area contributed by atoms with Gasteiger partial charge in [0.25, 0.3) is 0 Å². The van der Waals surface area contributed by atoms with Crippen LogP contribution >= 0.6 is 23.2 Å². The van der Waals surface area contributed by atoms with Gasteiger partial charge in [0, 0.05) is 25.3 Å². The molecule has 2 aromatic carbocycles. The van der Waals surface area contributed by atoms with Gasteiger partial charge in [-0.15, -0.1) is 11.6 Å². The molecule has 13 heteroatoms. The van der Waals surface area contributed by atoms with Crippen LogP contribution in [0.5, 0.6) is 5.75 Å². The number of benzene rings is 2. The van der Waals surface area contributed by atoms with Gasteiger partial charge in [-0.05, 0) is 67.7 Å². The van der Waals surface area contributed by atoms with Gasteiger partial charge in [0.05, 0.1) is 29.0 Å². The molecule has 1 aliphatic heterocycles. The number of rotatable bonds is 9. The molecule has 0 saturated heterocycles. The zero-order valence-corrected chi connectivity index (χ0v) is 30.0. The summed E-state index contributed by atoms with van der Waals surface area (Å²) in [6, 6.07) is 9.28. The van der Waals surface area contributed by atoms with E-state index in [0.29, 0.717) is 21.9 Å². The Labute approximate surface area is 296 Å². The Morgan fingerprint density at radius 3 is 2.35 bits per heavy atom. The monoisotopic (exact) mass is 722 g/mol. The molecule has 0 aromatic heterocycles. The maximum absolute atomic E-state index is 13.6. The largest absolute Gasteiger partial charge is 0.495 e. The molecule has 2 aromatic rings. The van der Waals surface area contributed by atoms with Gasteiger partial charge in [-0.25, -0.2) is 9.18 Å². The fourth-order valence-corrected chi connectivity index (χ4v) is 5.80. The fourth-order valence-electron chi connectivity index (χ4n) is 5.15. The predicted octanol–water partition coefficient (Wildman–Crippen LogP) is 5.46. The Hall–Kier alpha value is -3.67. The van der Waals surface area contributed by atoms with Crippen LogP contribution in [0.1, 0.15) is 64.0 Å². The minimum atomic E-state index is -1.29. The summed E-state index contributed by atoms with van der Waals surface area (Å²) in [6.07, 6.45) is -0.740. The first-order chi connectivity index (χ1) is 23.0. The van der Waals surface area contributed by atoms with Crippen molar-refractivity contribution in [2.75, 3.05) is 13.7 Å². The summed E-state index contributed by atoms with van der Waals surface area (Å²) in [6.45, 7) is 8.30. The number of alkyl halides is 1. The number of amides is 2. The first-order valence-corrected chi connectivity index (χ1v) is 16.9. The second-order valence-electron chi connectivity index (χ2n) is 13.3. The SMILES string of the molecule is COc1ccc(C[C@H]2NC(=O)/C=C/C[C@@H]([C@H](C)[C@@H](O)[C@@H](Cl)c3ccc(F)cc3)OC(=O)[C@H](CC(C)C)OC(=O)C(C)(C)CNC2=O)cc1Cl. The summed E-state index contributed by atoms with van der Waals surface area (Å²) in [5, 5.41) is 16.0. The number of cyclic esters (lactones) is 2. The molecule has 10 nitrogen and oxygen atoms in total. The molecule has 268 valence electrons. The number of hydrogen-bond acceptors (Lipinski definition) is 8. The van der Waals surface area contributed by atoms with Crippen molar-refractivity contribution < 1.29 is 42.9 Å². The van der Waals surface area contributed by atoms with Crippen molar-refractivity contribution in [2.24, 2.45) is 17.3 Å². The molecule has 0 unspecified atom stereocenters. The van der Waals surface area contributed by atoms with Crippen LogP contribution in [0.4, 0.5) is 4.39 Å². The van der Waals surface area contributed by atoms with Crippen LogP contribution in [0.25, 0.3) is 0 Å². The normalized spacial score (nSPS) is 23.4. The number of aliphatic hydroxyl groups excluding tert-OH is 1. The number of aliphatic hydroxyl groups is 1. The van der Waals surface area contributed by atoms with Crippen molar-refractivity contribution in [3.05, 3.63) is 76.6 Å². The van der Waals surface area contributed by atoms with E-state index in [9.17, 15) is 28.7 Å². The number of nitrogens with one attached hydrogen (secondary N) is 2. The molecule has 0 bridgehead atoms. The topological polar surface area (TPSA) is 140 Å². The lowest BCUT2D eigenvalue weighted by Crippen LogP contribution is -2.51. The Kier molecular flexibility index (Phi) is 14.5. The second kappa shape index (κ2) is 17.8. The van der Waals surface area contributed by atoms with Crippen LogP contribution in [0.3, 0.4) is 0 Å². The maximum Gasteiger partial charge on any atom is 0.347 e. The third-order valence-electron chi connectivity index (χ3n) is 8.26. The molecule has 1 heterocycles. The molecule has 0 aliphatic carbocycles. The Morgan fingerprint density at radius 1 is 1.06 bits per heavy atom. The van der Waals surface area contributed by atoms with E-state index in [4.69, 9.17) is 37.4 Å². The molecule has 1 aliphatic rings. The Balaban J connectivity index is 1.96. The lowest BCUT2D eigenvalue weighted by atomic mass is 9.90. The number of esters is 2. The van der Waals surface area contributed by atoms with Crippen molar-refractivity contribution in [1.82, 2.24) is 10.6 Å². The average Bonchev–Trinajstić information content (AvgIpc) is 3.04. The van der Waals surface area contributed by atoms with Crippen LogP contribution < -0.4 is 15.4 Å². The van der Waals surface area contributed by atoms with E-state index in [1.807, 2.05) is 13.8 Å². The smallest absolute Gasteiger partial charge is 0.347 e. The highest BCUT2D eigenvalue weighted by Gasteiger charge is 2.38. The number of ether oxygens (including phenoxy) is 3. The van der Waals surface area contributed by atoms with E-state index >= 15 is 0 Å². The number of carbonyl (C=O) groups excluding carboxylic acids is 4. The van der Waals surface area contributed by atoms with E-state index in [0.717, 1.165) is 0 Å². The fraction of sp³-hybridized carbons (Fsp3) is 0.500. The summed E-state index contributed by atoms with van der Waals surface area (Å²) >= 11 is 12.9. The van der Waals surface area contributed by atoms with E-state index in [2.05, 4.69) is 10.6 Å². The van der Waals surface area contributed by atoms with Gasteiger partial charge in [-0.1, -0.05) is 56.6 Å². The van der Waals surface area contributed by atoms with Crippen LogP contribution in [0, 0.1) is 23.1 Å². The van der Waals surface area contributed by atoms with Gasteiger partial charge in [0.15, 0.2) is 6.10 Å². The first kappa shape index (κ1) is 39.8. The third-order valence-corrected chi connectivity index (χ3v) is 9.07. The molecule has 3 N–H and O–H groups in total. The van der Waals surface area contributed by atoms with E-state index in [1.54, 1.807) is 39.0 Å². The zero-order chi connectivity index (χ0) is 36.5. The third kappa shape index (κ3) is 11.4. The van der Waals surface area contributed by atoms with Crippen LogP contribution in [-0.4, -0.2) is 66.9 Å². The molecule has 0 spiro atoms. The maximum atomic E-state index is 13.6. The highest BCUT2D eigenvalue weighted by Crippen LogP contribution is 2.32. The number of methoxy groups -OCH3 is 1. The summed E-state index contributed by atoms with van der Waals surface area (Å²) in [7, 11) is 1.48. The van der Waals surface area contributed by atoms with Gasteiger partial charge in [-0.3, -0.25) is 14.4 Å². The van der Waals surface area contributed by atoms with Crippen molar-refractivity contribution in [3.63, 3.8) is 0 Å². The van der Waals surface area contributed by atoms with Crippen molar-refractivity contribution in [1.29, 1.82) is 0 Å². The van der Waals surface area contributed by atoms with Crippen molar-refractivity contribution in [3.8, 4) is 5.75 Å². The van der Waals surface area contributed by atoms with Crippen LogP contribution in [0.15, 0.2) is 54.6 Å². The molecular formula is C36H45Cl2FN2O8. The molecule has 49 heavy (non-hydrogen) atoms. The Bertz CT molecular complexity index is 1500. The van der Waals surface area contributed by atoms with Crippen LogP contribution in [0.2, 0.25) is 5.02 Å². The lowest BCUT2D eigenvalue weighted by molar-refractivity contribution is -0.180. The van der Waals surface area contributed by atoms with E-state index in [1.165, 1.54) is 43.5 Å². The predicted molar refractivity (Wildman–Crippen MR) is 184 cm³/mol. The average molecular weight is 724 g/mol. The molecule has 6 atom stereocenters. The highest BCUT2D eigenvalue weighted by molar-refractivity contribution is 6.32. The quantitative estimate of drug-likeness (QED) is 0.229. The lowest BCUT2D eigenvalue weighted by Gasteiger charge is -2.32. The van der Waals surface area contributed by atoms with Gasteiger partial charge < -0.3 is 30.0 Å². The van der Waals surface area contributed by atoms with Crippen molar-refractivity contribution >= 4 is 47.0 Å². The van der Waals surface area contributed by atoms with E-state index in [-0.39, 0.29) is 31.7 Å².